The highest BCUT2D eigenvalue weighted by molar-refractivity contribution is 7.99. The van der Waals surface area contributed by atoms with Gasteiger partial charge in [-0.25, -0.2) is 9.37 Å². The molecule has 9 heteroatoms. The molecule has 0 bridgehead atoms. The molecule has 1 aliphatic heterocycles. The molecule has 40 heavy (non-hydrogen) atoms. The molecule has 3 heterocycles. The molecular weight excluding hydrogens is 523 g/mol. The van der Waals surface area contributed by atoms with Crippen LogP contribution in [0.5, 0.6) is 0 Å². The fraction of sp³-hybridized carbons (Fsp3) is 0.226. The molecule has 202 valence electrons. The second-order valence-electron chi connectivity index (χ2n) is 9.78. The van der Waals surface area contributed by atoms with Crippen LogP contribution in [0.1, 0.15) is 11.1 Å². The predicted octanol–water partition coefficient (Wildman–Crippen LogP) is 5.12. The molecule has 0 unspecified atom stereocenters. The number of nitrogens with zero attached hydrogens (tertiary/aromatic N) is 6. The summed E-state index contributed by atoms with van der Waals surface area (Å²) in [6.45, 7) is 4.52. The molecule has 1 saturated heterocycles. The zero-order chi connectivity index (χ0) is 27.3. The van der Waals surface area contributed by atoms with Gasteiger partial charge in [-0.3, -0.25) is 9.69 Å². The molecule has 0 aliphatic carbocycles. The van der Waals surface area contributed by atoms with Crippen molar-refractivity contribution in [3.05, 3.63) is 102 Å². The van der Waals surface area contributed by atoms with E-state index in [2.05, 4.69) is 43.9 Å². The lowest BCUT2D eigenvalue weighted by Crippen LogP contribution is -2.49. The van der Waals surface area contributed by atoms with E-state index in [0.717, 1.165) is 36.1 Å². The van der Waals surface area contributed by atoms with E-state index in [-0.39, 0.29) is 17.5 Å². The van der Waals surface area contributed by atoms with Crippen LogP contribution in [-0.4, -0.2) is 73.9 Å². The molecule has 3 aromatic carbocycles. The first-order chi connectivity index (χ1) is 19.6. The van der Waals surface area contributed by atoms with E-state index >= 15 is 0 Å². The highest BCUT2D eigenvalue weighted by Gasteiger charge is 2.21. The van der Waals surface area contributed by atoms with Crippen molar-refractivity contribution in [2.24, 2.45) is 0 Å². The van der Waals surface area contributed by atoms with Crippen LogP contribution in [0.25, 0.3) is 28.1 Å². The fourth-order valence-corrected chi connectivity index (χ4v) is 5.67. The number of benzene rings is 3. The summed E-state index contributed by atoms with van der Waals surface area (Å²) >= 11 is 1.31. The Morgan fingerprint density at radius 2 is 1.65 bits per heavy atom. The van der Waals surface area contributed by atoms with Crippen molar-refractivity contribution in [2.45, 2.75) is 11.7 Å². The summed E-state index contributed by atoms with van der Waals surface area (Å²) in [6.07, 6.45) is 4.32. The fourth-order valence-electron chi connectivity index (χ4n) is 4.98. The van der Waals surface area contributed by atoms with Crippen molar-refractivity contribution in [1.82, 2.24) is 29.5 Å². The summed E-state index contributed by atoms with van der Waals surface area (Å²) in [4.78, 5) is 22.1. The first kappa shape index (κ1) is 26.2. The molecule has 0 saturated carbocycles. The molecule has 0 atom stereocenters. The van der Waals surface area contributed by atoms with Crippen LogP contribution in [-0.2, 0) is 11.3 Å². The lowest BCUT2D eigenvalue weighted by atomic mass is 10.2. The van der Waals surface area contributed by atoms with Crippen LogP contribution in [0.4, 0.5) is 4.39 Å². The normalized spacial score (nSPS) is 14.5. The molecule has 1 fully saturated rings. The molecule has 1 amide bonds. The van der Waals surface area contributed by atoms with Gasteiger partial charge in [-0.05, 0) is 29.3 Å². The first-order valence-corrected chi connectivity index (χ1v) is 14.3. The van der Waals surface area contributed by atoms with Gasteiger partial charge in [0.15, 0.2) is 5.65 Å². The van der Waals surface area contributed by atoms with Crippen molar-refractivity contribution in [3.63, 3.8) is 0 Å². The Balaban J connectivity index is 1.09. The maximum absolute atomic E-state index is 13.5. The van der Waals surface area contributed by atoms with Gasteiger partial charge in [0.05, 0.1) is 11.3 Å². The van der Waals surface area contributed by atoms with Gasteiger partial charge < -0.3 is 9.47 Å². The summed E-state index contributed by atoms with van der Waals surface area (Å²) < 4.78 is 15.5. The topological polar surface area (TPSA) is 67.2 Å². The van der Waals surface area contributed by atoms with Crippen molar-refractivity contribution < 1.29 is 9.18 Å². The molecule has 2 aromatic heterocycles. The van der Waals surface area contributed by atoms with E-state index in [0.29, 0.717) is 36.0 Å². The van der Waals surface area contributed by atoms with Crippen molar-refractivity contribution in [1.29, 1.82) is 0 Å². The van der Waals surface area contributed by atoms with Gasteiger partial charge in [0.2, 0.25) is 11.1 Å². The summed E-state index contributed by atoms with van der Waals surface area (Å²) in [5.74, 6) is 0.0823. The van der Waals surface area contributed by atoms with E-state index in [1.165, 1.54) is 29.5 Å². The van der Waals surface area contributed by atoms with Gasteiger partial charge in [0.25, 0.3) is 0 Å². The Labute approximate surface area is 236 Å². The maximum atomic E-state index is 13.5. The highest BCUT2D eigenvalue weighted by atomic mass is 32.2. The van der Waals surface area contributed by atoms with E-state index < -0.39 is 0 Å². The molecule has 0 radical (unpaired) electrons. The van der Waals surface area contributed by atoms with Crippen LogP contribution < -0.4 is 0 Å². The van der Waals surface area contributed by atoms with Crippen LogP contribution >= 0.6 is 11.8 Å². The van der Waals surface area contributed by atoms with E-state index in [1.54, 1.807) is 12.1 Å². The number of halogens is 1. The van der Waals surface area contributed by atoms with Crippen LogP contribution in [0.2, 0.25) is 0 Å². The Bertz CT molecular complexity index is 1650. The Kier molecular flexibility index (Phi) is 7.83. The minimum absolute atomic E-state index is 0.0834. The third kappa shape index (κ3) is 5.90. The second-order valence-corrected chi connectivity index (χ2v) is 10.7. The lowest BCUT2D eigenvalue weighted by molar-refractivity contribution is -0.130. The SMILES string of the molecule is O=C(CSc1nnc2c3ccccc3n(Cc3ccc(F)cc3)c2n1)N1CCN(C/C=C/c2ccccc2)CC1. The number of carbonyl (C=O) groups excluding carboxylic acids is 1. The first-order valence-electron chi connectivity index (χ1n) is 13.3. The molecule has 0 spiro atoms. The summed E-state index contributed by atoms with van der Waals surface area (Å²) in [7, 11) is 0. The van der Waals surface area contributed by atoms with Gasteiger partial charge in [-0.15, -0.1) is 10.2 Å². The summed E-state index contributed by atoms with van der Waals surface area (Å²) in [5, 5.41) is 10.2. The number of aromatic nitrogens is 4. The minimum Gasteiger partial charge on any atom is -0.339 e. The van der Waals surface area contributed by atoms with Gasteiger partial charge in [-0.1, -0.05) is 84.6 Å². The summed E-state index contributed by atoms with van der Waals surface area (Å²) in [5.41, 5.74) is 4.55. The van der Waals surface area contributed by atoms with E-state index in [1.807, 2.05) is 47.4 Å². The number of fused-ring (bicyclic) bond motifs is 3. The molecule has 7 nitrogen and oxygen atoms in total. The number of para-hydroxylation sites is 1. The monoisotopic (exact) mass is 552 g/mol. The quantitative estimate of drug-likeness (QED) is 0.249. The molecule has 0 N–H and O–H groups in total. The average Bonchev–Trinajstić information content (AvgIpc) is 3.30. The van der Waals surface area contributed by atoms with Gasteiger partial charge >= 0.3 is 0 Å². The van der Waals surface area contributed by atoms with Crippen LogP contribution in [0, 0.1) is 5.82 Å². The molecule has 5 aromatic rings. The average molecular weight is 553 g/mol. The number of hydrogen-bond acceptors (Lipinski definition) is 6. The smallest absolute Gasteiger partial charge is 0.233 e. The van der Waals surface area contributed by atoms with Crippen LogP contribution in [0.3, 0.4) is 0 Å². The maximum Gasteiger partial charge on any atom is 0.233 e. The van der Waals surface area contributed by atoms with Crippen LogP contribution in [0.15, 0.2) is 90.1 Å². The zero-order valence-electron chi connectivity index (χ0n) is 22.0. The third-order valence-corrected chi connectivity index (χ3v) is 7.95. The van der Waals surface area contributed by atoms with Gasteiger partial charge in [0.1, 0.15) is 11.3 Å². The standard InChI is InChI=1S/C31H29FN6OS/c32-25-14-12-24(13-15-25)21-38-27-11-5-4-10-26(27)29-30(38)33-31(35-34-29)40-22-28(39)37-19-17-36(18-20-37)16-6-9-23-7-2-1-3-8-23/h1-15H,16-22H2/b9-6+. The van der Waals surface area contributed by atoms with Gasteiger partial charge in [0, 0.05) is 44.7 Å². The minimum atomic E-state index is -0.264. The van der Waals surface area contributed by atoms with Crippen molar-refractivity contribution >= 4 is 45.8 Å². The van der Waals surface area contributed by atoms with E-state index in [4.69, 9.17) is 4.98 Å². The van der Waals surface area contributed by atoms with Crippen molar-refractivity contribution in [3.8, 4) is 0 Å². The van der Waals surface area contributed by atoms with E-state index in [9.17, 15) is 9.18 Å². The third-order valence-electron chi connectivity index (χ3n) is 7.13. The number of piperazine rings is 1. The predicted molar refractivity (Wildman–Crippen MR) is 158 cm³/mol. The molecular formula is C31H29FN6OS. The largest absolute Gasteiger partial charge is 0.339 e. The van der Waals surface area contributed by atoms with Crippen molar-refractivity contribution in [2.75, 3.05) is 38.5 Å². The number of rotatable bonds is 8. The zero-order valence-corrected chi connectivity index (χ0v) is 22.8. The summed E-state index contributed by atoms with van der Waals surface area (Å²) in [6, 6.07) is 24.7. The number of hydrogen-bond donors (Lipinski definition) is 0. The number of thioether (sulfide) groups is 1. The highest BCUT2D eigenvalue weighted by Crippen LogP contribution is 2.28. The Morgan fingerprint density at radius 1 is 0.900 bits per heavy atom. The second kappa shape index (κ2) is 12.0. The Hall–Kier alpha value is -4.08. The molecule has 1 aliphatic rings. The van der Waals surface area contributed by atoms with Gasteiger partial charge in [-0.2, -0.15) is 0 Å². The number of carbonyl (C=O) groups is 1. The Morgan fingerprint density at radius 3 is 2.45 bits per heavy atom. The number of amides is 1. The molecule has 6 rings (SSSR count). The lowest BCUT2D eigenvalue weighted by Gasteiger charge is -2.34.